The quantitative estimate of drug-likeness (QED) is 0.273. The molecule has 2 amide bonds. The van der Waals surface area contributed by atoms with E-state index in [1.807, 2.05) is 30.3 Å². The van der Waals surface area contributed by atoms with Crippen molar-refractivity contribution in [1.82, 2.24) is 10.2 Å². The van der Waals surface area contributed by atoms with Gasteiger partial charge in [0.15, 0.2) is 10.9 Å². The van der Waals surface area contributed by atoms with Crippen molar-refractivity contribution < 1.29 is 19.2 Å². The number of nitrogens with one attached hydrogen (secondary N) is 1. The second-order valence-electron chi connectivity index (χ2n) is 5.94. The summed E-state index contributed by atoms with van der Waals surface area (Å²) >= 11 is 4.88. The van der Waals surface area contributed by atoms with Crippen molar-refractivity contribution in [2.45, 2.75) is 6.61 Å². The number of benzene rings is 2. The molecule has 8 nitrogen and oxygen atoms in total. The summed E-state index contributed by atoms with van der Waals surface area (Å²) in [5.41, 5.74) is 0.756. The van der Waals surface area contributed by atoms with Gasteiger partial charge in [0.1, 0.15) is 12.2 Å². The van der Waals surface area contributed by atoms with E-state index < -0.39 is 16.7 Å². The lowest BCUT2D eigenvalue weighted by atomic mass is 10.1. The Morgan fingerprint density at radius 3 is 2.61 bits per heavy atom. The zero-order valence-corrected chi connectivity index (χ0v) is 15.6. The number of amides is 2. The molecule has 0 saturated carbocycles. The van der Waals surface area contributed by atoms with E-state index in [0.29, 0.717) is 5.56 Å². The van der Waals surface area contributed by atoms with Crippen LogP contribution in [0.5, 0.6) is 5.75 Å². The maximum atomic E-state index is 12.2. The molecule has 1 aliphatic heterocycles. The number of thiocarbonyl (C=S) groups is 1. The first-order chi connectivity index (χ1) is 13.4. The minimum Gasteiger partial charge on any atom is -0.482 e. The lowest BCUT2D eigenvalue weighted by Crippen LogP contribution is -2.52. The van der Waals surface area contributed by atoms with Crippen LogP contribution in [0.2, 0.25) is 0 Å². The van der Waals surface area contributed by atoms with Crippen LogP contribution in [0.3, 0.4) is 0 Å². The van der Waals surface area contributed by atoms with Crippen LogP contribution in [0.4, 0.5) is 5.69 Å². The molecule has 0 bridgehead atoms. The predicted molar refractivity (Wildman–Crippen MR) is 105 cm³/mol. The molecule has 2 aromatic rings. The molecule has 0 aromatic heterocycles. The zero-order valence-electron chi connectivity index (χ0n) is 14.7. The van der Waals surface area contributed by atoms with Crippen molar-refractivity contribution >= 4 is 40.9 Å². The average Bonchev–Trinajstić information content (AvgIpc) is 2.69. The van der Waals surface area contributed by atoms with Crippen LogP contribution >= 0.6 is 12.2 Å². The normalized spacial score (nSPS) is 15.5. The van der Waals surface area contributed by atoms with Crippen molar-refractivity contribution in [3.05, 3.63) is 75.3 Å². The third-order valence-corrected chi connectivity index (χ3v) is 4.41. The van der Waals surface area contributed by atoms with Gasteiger partial charge in [-0.3, -0.25) is 29.9 Å². The molecule has 9 heteroatoms. The minimum atomic E-state index is -0.653. The first-order valence-electron chi connectivity index (χ1n) is 8.17. The minimum absolute atomic E-state index is 0.00258. The number of hydrogen-bond acceptors (Lipinski definition) is 6. The van der Waals surface area contributed by atoms with E-state index in [-0.39, 0.29) is 28.7 Å². The molecule has 1 heterocycles. The predicted octanol–water partition coefficient (Wildman–Crippen LogP) is 2.43. The lowest BCUT2D eigenvalue weighted by Gasteiger charge is -2.25. The highest BCUT2D eigenvalue weighted by Crippen LogP contribution is 2.30. The van der Waals surface area contributed by atoms with Crippen molar-refractivity contribution in [3.8, 4) is 5.75 Å². The van der Waals surface area contributed by atoms with Gasteiger partial charge in [-0.1, -0.05) is 36.4 Å². The molecule has 0 radical (unpaired) electrons. The molecule has 142 valence electrons. The Labute approximate surface area is 165 Å². The Hall–Kier alpha value is -3.59. The third kappa shape index (κ3) is 4.04. The molecular weight excluding hydrogens is 382 g/mol. The van der Waals surface area contributed by atoms with E-state index >= 15 is 0 Å². The van der Waals surface area contributed by atoms with E-state index in [2.05, 4.69) is 5.32 Å². The van der Waals surface area contributed by atoms with Gasteiger partial charge in [0.2, 0.25) is 0 Å². The Bertz CT molecular complexity index is 1000. The molecule has 1 aliphatic rings. The second-order valence-corrected chi connectivity index (χ2v) is 6.33. The monoisotopic (exact) mass is 397 g/mol. The maximum absolute atomic E-state index is 12.2. The topological polar surface area (TPSA) is 102 Å². The van der Waals surface area contributed by atoms with Gasteiger partial charge in [-0.15, -0.1) is 0 Å². The summed E-state index contributed by atoms with van der Waals surface area (Å²) < 4.78 is 5.57. The number of nitro groups is 1. The van der Waals surface area contributed by atoms with Crippen LogP contribution in [0.25, 0.3) is 6.08 Å². The van der Waals surface area contributed by atoms with Crippen molar-refractivity contribution in [2.75, 3.05) is 7.05 Å². The fourth-order valence-corrected chi connectivity index (χ4v) is 2.71. The van der Waals surface area contributed by atoms with Crippen LogP contribution in [0.1, 0.15) is 11.1 Å². The van der Waals surface area contributed by atoms with Gasteiger partial charge in [0, 0.05) is 13.1 Å². The van der Waals surface area contributed by atoms with E-state index in [1.165, 1.54) is 31.3 Å². The summed E-state index contributed by atoms with van der Waals surface area (Å²) in [5.74, 6) is -1.14. The molecule has 1 saturated heterocycles. The standard InChI is InChI=1S/C19H15N3O5S/c1-21-18(24)14(17(23)20-19(21)28)9-13-7-8-16(15(10-13)22(25)26)27-11-12-5-3-2-4-6-12/h2-10H,11H2,1H3,(H,20,23,28)/b14-9+. The van der Waals surface area contributed by atoms with Crippen LogP contribution in [0.15, 0.2) is 54.1 Å². The number of rotatable bonds is 5. The summed E-state index contributed by atoms with van der Waals surface area (Å²) in [6, 6.07) is 13.5. The number of hydrogen-bond donors (Lipinski definition) is 1. The number of nitrogens with zero attached hydrogens (tertiary/aromatic N) is 2. The van der Waals surface area contributed by atoms with Crippen molar-refractivity contribution in [3.63, 3.8) is 0 Å². The number of carbonyl (C=O) groups excluding carboxylic acids is 2. The molecule has 1 fully saturated rings. The van der Waals surface area contributed by atoms with Crippen LogP contribution < -0.4 is 10.1 Å². The highest BCUT2D eigenvalue weighted by atomic mass is 32.1. The van der Waals surface area contributed by atoms with E-state index in [4.69, 9.17) is 17.0 Å². The van der Waals surface area contributed by atoms with Gasteiger partial charge < -0.3 is 4.74 Å². The summed E-state index contributed by atoms with van der Waals surface area (Å²) in [5, 5.41) is 13.8. The molecule has 0 unspecified atom stereocenters. The molecule has 3 rings (SSSR count). The lowest BCUT2D eigenvalue weighted by molar-refractivity contribution is -0.386. The number of likely N-dealkylation sites (N-methyl/N-ethyl adjacent to an activating group) is 1. The molecule has 1 N–H and O–H groups in total. The van der Waals surface area contributed by atoms with E-state index in [1.54, 1.807) is 0 Å². The molecule has 2 aromatic carbocycles. The van der Waals surface area contributed by atoms with Crippen molar-refractivity contribution in [1.29, 1.82) is 0 Å². The molecule has 28 heavy (non-hydrogen) atoms. The SMILES string of the molecule is CN1C(=O)/C(=C/c2ccc(OCc3ccccc3)c([N+](=O)[O-])c2)C(=O)NC1=S. The van der Waals surface area contributed by atoms with Gasteiger partial charge in [0.25, 0.3) is 11.8 Å². The van der Waals surface area contributed by atoms with Crippen molar-refractivity contribution in [2.24, 2.45) is 0 Å². The number of ether oxygens (including phenoxy) is 1. The summed E-state index contributed by atoms with van der Waals surface area (Å²) in [6.07, 6.45) is 1.28. The maximum Gasteiger partial charge on any atom is 0.311 e. The van der Waals surface area contributed by atoms with E-state index in [9.17, 15) is 19.7 Å². The Morgan fingerprint density at radius 1 is 1.21 bits per heavy atom. The number of nitro benzene ring substituents is 1. The highest BCUT2D eigenvalue weighted by Gasteiger charge is 2.31. The molecular formula is C19H15N3O5S. The van der Waals surface area contributed by atoms with Crippen LogP contribution in [0, 0.1) is 10.1 Å². The van der Waals surface area contributed by atoms with Gasteiger partial charge in [-0.2, -0.15) is 0 Å². The zero-order chi connectivity index (χ0) is 20.3. The van der Waals surface area contributed by atoms with Gasteiger partial charge >= 0.3 is 5.69 Å². The smallest absolute Gasteiger partial charge is 0.311 e. The third-order valence-electron chi connectivity index (χ3n) is 4.03. The Kier molecular flexibility index (Phi) is 5.46. The average molecular weight is 397 g/mol. The van der Waals surface area contributed by atoms with Gasteiger partial charge in [-0.05, 0) is 35.5 Å². The van der Waals surface area contributed by atoms with Crippen LogP contribution in [-0.4, -0.2) is 33.8 Å². The molecule has 0 spiro atoms. The largest absolute Gasteiger partial charge is 0.482 e. The first-order valence-corrected chi connectivity index (χ1v) is 8.58. The Balaban J connectivity index is 1.88. The summed E-state index contributed by atoms with van der Waals surface area (Å²) in [6.45, 7) is 0.172. The first kappa shape index (κ1) is 19.2. The highest BCUT2D eigenvalue weighted by molar-refractivity contribution is 7.80. The Morgan fingerprint density at radius 2 is 1.93 bits per heavy atom. The van der Waals surface area contributed by atoms with E-state index in [0.717, 1.165) is 10.5 Å². The van der Waals surface area contributed by atoms with Gasteiger partial charge in [-0.25, -0.2) is 0 Å². The molecule has 0 atom stereocenters. The number of carbonyl (C=O) groups is 2. The summed E-state index contributed by atoms with van der Waals surface area (Å²) in [4.78, 5) is 36.3. The summed E-state index contributed by atoms with van der Waals surface area (Å²) in [7, 11) is 1.43. The fourth-order valence-electron chi connectivity index (χ4n) is 2.54. The second kappa shape index (κ2) is 7.97. The fraction of sp³-hybridized carbons (Fsp3) is 0.105. The van der Waals surface area contributed by atoms with Crippen LogP contribution in [-0.2, 0) is 16.2 Å². The molecule has 0 aliphatic carbocycles. The van der Waals surface area contributed by atoms with Gasteiger partial charge in [0.05, 0.1) is 4.92 Å².